The molecule has 1 aliphatic rings. The first-order valence-corrected chi connectivity index (χ1v) is 6.03. The van der Waals surface area contributed by atoms with Gasteiger partial charge in [0.2, 0.25) is 0 Å². The first-order valence-electron chi connectivity index (χ1n) is 6.03. The van der Waals surface area contributed by atoms with Crippen molar-refractivity contribution in [1.29, 1.82) is 0 Å². The zero-order valence-corrected chi connectivity index (χ0v) is 10.1. The van der Waals surface area contributed by atoms with Gasteiger partial charge in [0.05, 0.1) is 6.61 Å². The summed E-state index contributed by atoms with van der Waals surface area (Å²) in [5, 5.41) is 3.32. The molecule has 1 aliphatic carbocycles. The molecule has 1 saturated carbocycles. The van der Waals surface area contributed by atoms with Crippen LogP contribution < -0.4 is 5.32 Å². The van der Waals surface area contributed by atoms with Gasteiger partial charge in [-0.1, -0.05) is 13.8 Å². The van der Waals surface area contributed by atoms with Crippen LogP contribution in [0.5, 0.6) is 0 Å². The highest BCUT2D eigenvalue weighted by Crippen LogP contribution is 2.27. The molecule has 15 heavy (non-hydrogen) atoms. The Morgan fingerprint density at radius 1 is 1.47 bits per heavy atom. The van der Waals surface area contributed by atoms with Gasteiger partial charge in [0.15, 0.2) is 0 Å². The van der Waals surface area contributed by atoms with Crippen LogP contribution in [0.4, 0.5) is 0 Å². The summed E-state index contributed by atoms with van der Waals surface area (Å²) in [5.41, 5.74) is 0. The summed E-state index contributed by atoms with van der Waals surface area (Å²) in [6.45, 7) is 7.55. The smallest absolute Gasteiger partial charge is 0.323 e. The molecule has 3 heteroatoms. The zero-order chi connectivity index (χ0) is 11.3. The number of nitrogens with one attached hydrogen (secondary N) is 1. The molecule has 0 heterocycles. The van der Waals surface area contributed by atoms with E-state index >= 15 is 0 Å². The third kappa shape index (κ3) is 5.17. The Morgan fingerprint density at radius 2 is 2.13 bits per heavy atom. The lowest BCUT2D eigenvalue weighted by Crippen LogP contribution is -2.40. The number of esters is 1. The standard InChI is InChI=1S/C12H23NO2/c1-4-15-12(14)11(7-9(2)3)13-8-10-5-6-10/h9-11,13H,4-8H2,1-3H3. The van der Waals surface area contributed by atoms with E-state index in [0.717, 1.165) is 18.9 Å². The average Bonchev–Trinajstić information content (AvgIpc) is 2.95. The molecule has 1 rings (SSSR count). The van der Waals surface area contributed by atoms with E-state index in [1.807, 2.05) is 6.92 Å². The normalized spacial score (nSPS) is 17.9. The van der Waals surface area contributed by atoms with Gasteiger partial charge in [-0.3, -0.25) is 4.79 Å². The average molecular weight is 213 g/mol. The minimum Gasteiger partial charge on any atom is -0.465 e. The second kappa shape index (κ2) is 6.11. The van der Waals surface area contributed by atoms with Crippen molar-refractivity contribution < 1.29 is 9.53 Å². The van der Waals surface area contributed by atoms with Gasteiger partial charge >= 0.3 is 5.97 Å². The highest BCUT2D eigenvalue weighted by molar-refractivity contribution is 5.75. The summed E-state index contributed by atoms with van der Waals surface area (Å²) >= 11 is 0. The van der Waals surface area contributed by atoms with Gasteiger partial charge in [0.1, 0.15) is 6.04 Å². The minimum atomic E-state index is -0.106. The molecular formula is C12H23NO2. The predicted molar refractivity (Wildman–Crippen MR) is 60.6 cm³/mol. The lowest BCUT2D eigenvalue weighted by molar-refractivity contribution is -0.146. The topological polar surface area (TPSA) is 38.3 Å². The molecule has 0 bridgehead atoms. The van der Waals surface area contributed by atoms with Gasteiger partial charge in [0.25, 0.3) is 0 Å². The number of carbonyl (C=O) groups is 1. The van der Waals surface area contributed by atoms with Crippen LogP contribution in [-0.2, 0) is 9.53 Å². The number of ether oxygens (including phenoxy) is 1. The van der Waals surface area contributed by atoms with E-state index in [4.69, 9.17) is 4.74 Å². The second-order valence-corrected chi connectivity index (χ2v) is 4.79. The molecule has 0 aromatic heterocycles. The lowest BCUT2D eigenvalue weighted by atomic mass is 10.0. The van der Waals surface area contributed by atoms with Crippen molar-refractivity contribution in [3.05, 3.63) is 0 Å². The summed E-state index contributed by atoms with van der Waals surface area (Å²) in [6, 6.07) is -0.106. The minimum absolute atomic E-state index is 0.0909. The third-order valence-electron chi connectivity index (χ3n) is 2.63. The van der Waals surface area contributed by atoms with Gasteiger partial charge < -0.3 is 10.1 Å². The van der Waals surface area contributed by atoms with E-state index < -0.39 is 0 Å². The van der Waals surface area contributed by atoms with Crippen LogP contribution in [0.15, 0.2) is 0 Å². The molecule has 0 aromatic rings. The van der Waals surface area contributed by atoms with E-state index in [-0.39, 0.29) is 12.0 Å². The van der Waals surface area contributed by atoms with E-state index in [1.165, 1.54) is 12.8 Å². The van der Waals surface area contributed by atoms with Gasteiger partial charge in [-0.15, -0.1) is 0 Å². The molecule has 3 nitrogen and oxygen atoms in total. The largest absolute Gasteiger partial charge is 0.465 e. The van der Waals surface area contributed by atoms with Crippen molar-refractivity contribution >= 4 is 5.97 Å². The maximum atomic E-state index is 11.6. The summed E-state index contributed by atoms with van der Waals surface area (Å²) in [5.74, 6) is 1.23. The number of rotatable bonds is 7. The number of carbonyl (C=O) groups excluding carboxylic acids is 1. The maximum Gasteiger partial charge on any atom is 0.323 e. The van der Waals surface area contributed by atoms with Crippen molar-refractivity contribution in [2.24, 2.45) is 11.8 Å². The van der Waals surface area contributed by atoms with E-state index in [1.54, 1.807) is 0 Å². The fourth-order valence-electron chi connectivity index (χ4n) is 1.61. The van der Waals surface area contributed by atoms with E-state index in [9.17, 15) is 4.79 Å². The van der Waals surface area contributed by atoms with E-state index in [0.29, 0.717) is 12.5 Å². The number of hydrogen-bond donors (Lipinski definition) is 1. The molecule has 1 atom stereocenters. The van der Waals surface area contributed by atoms with Crippen LogP contribution in [0.25, 0.3) is 0 Å². The molecule has 0 saturated heterocycles. The Bertz CT molecular complexity index is 200. The summed E-state index contributed by atoms with van der Waals surface area (Å²) < 4.78 is 5.06. The summed E-state index contributed by atoms with van der Waals surface area (Å²) in [7, 11) is 0. The van der Waals surface area contributed by atoms with Crippen LogP contribution in [0.1, 0.15) is 40.0 Å². The first kappa shape index (κ1) is 12.5. The highest BCUT2D eigenvalue weighted by atomic mass is 16.5. The van der Waals surface area contributed by atoms with Crippen LogP contribution in [0.3, 0.4) is 0 Å². The Balaban J connectivity index is 2.31. The van der Waals surface area contributed by atoms with Gasteiger partial charge in [0, 0.05) is 0 Å². The molecule has 0 aliphatic heterocycles. The molecule has 0 spiro atoms. The van der Waals surface area contributed by atoms with Crippen LogP contribution in [0, 0.1) is 11.8 Å². The van der Waals surface area contributed by atoms with Crippen molar-refractivity contribution in [3.8, 4) is 0 Å². The SMILES string of the molecule is CCOC(=O)C(CC(C)C)NCC1CC1. The first-order chi connectivity index (χ1) is 7.13. The van der Waals surface area contributed by atoms with Crippen LogP contribution >= 0.6 is 0 Å². The van der Waals surface area contributed by atoms with Crippen LogP contribution in [0.2, 0.25) is 0 Å². The maximum absolute atomic E-state index is 11.6. The molecule has 1 fully saturated rings. The van der Waals surface area contributed by atoms with Crippen molar-refractivity contribution in [1.82, 2.24) is 5.32 Å². The van der Waals surface area contributed by atoms with E-state index in [2.05, 4.69) is 19.2 Å². The molecule has 1 unspecified atom stereocenters. The zero-order valence-electron chi connectivity index (χ0n) is 10.1. The van der Waals surface area contributed by atoms with Gasteiger partial charge in [-0.25, -0.2) is 0 Å². The second-order valence-electron chi connectivity index (χ2n) is 4.79. The third-order valence-corrected chi connectivity index (χ3v) is 2.63. The highest BCUT2D eigenvalue weighted by Gasteiger charge is 2.25. The Hall–Kier alpha value is -0.570. The fraction of sp³-hybridized carbons (Fsp3) is 0.917. The lowest BCUT2D eigenvalue weighted by Gasteiger charge is -2.18. The monoisotopic (exact) mass is 213 g/mol. The molecule has 0 aromatic carbocycles. The Kier molecular flexibility index (Phi) is 5.09. The number of hydrogen-bond acceptors (Lipinski definition) is 3. The molecule has 0 amide bonds. The molecule has 0 radical (unpaired) electrons. The Labute approximate surface area is 92.6 Å². The quantitative estimate of drug-likeness (QED) is 0.657. The van der Waals surface area contributed by atoms with Crippen molar-refractivity contribution in [2.45, 2.75) is 46.1 Å². The summed E-state index contributed by atoms with van der Waals surface area (Å²) in [4.78, 5) is 11.6. The van der Waals surface area contributed by atoms with Gasteiger partial charge in [-0.2, -0.15) is 0 Å². The van der Waals surface area contributed by atoms with Crippen molar-refractivity contribution in [3.63, 3.8) is 0 Å². The predicted octanol–water partition coefficient (Wildman–Crippen LogP) is 1.96. The fourth-order valence-corrected chi connectivity index (χ4v) is 1.61. The summed E-state index contributed by atoms with van der Waals surface area (Å²) in [6.07, 6.45) is 3.49. The Morgan fingerprint density at radius 3 is 2.60 bits per heavy atom. The van der Waals surface area contributed by atoms with Crippen molar-refractivity contribution in [2.75, 3.05) is 13.2 Å². The molecule has 88 valence electrons. The molecule has 1 N–H and O–H groups in total. The molecular weight excluding hydrogens is 190 g/mol. The van der Waals surface area contributed by atoms with Crippen LogP contribution in [-0.4, -0.2) is 25.2 Å². The van der Waals surface area contributed by atoms with Gasteiger partial charge in [-0.05, 0) is 44.6 Å².